The highest BCUT2D eigenvalue weighted by atomic mass is 79.9. The van der Waals surface area contributed by atoms with E-state index in [-0.39, 0.29) is 22.2 Å². The third-order valence-electron chi connectivity index (χ3n) is 2.77. The highest BCUT2D eigenvalue weighted by Gasteiger charge is 2.43. The zero-order chi connectivity index (χ0) is 12.9. The molecule has 4 nitrogen and oxygen atoms in total. The highest BCUT2D eigenvalue weighted by molar-refractivity contribution is 9.09. The summed E-state index contributed by atoms with van der Waals surface area (Å²) in [5, 5.41) is 0. The minimum Gasteiger partial charge on any atom is -0.395 e. The third kappa shape index (κ3) is 1.92. The molecule has 1 atom stereocenters. The molecule has 0 spiro atoms. The number of anilines is 1. The maximum absolute atomic E-state index is 12.9. The van der Waals surface area contributed by atoms with Crippen LogP contribution in [0.4, 0.5) is 14.5 Å². The van der Waals surface area contributed by atoms with Gasteiger partial charge in [-0.05, 0) is 12.1 Å². The summed E-state index contributed by atoms with van der Waals surface area (Å²) in [6.07, 6.45) is -3.24. The van der Waals surface area contributed by atoms with Crippen molar-refractivity contribution < 1.29 is 23.0 Å². The summed E-state index contributed by atoms with van der Waals surface area (Å²) in [5.41, 5.74) is 0.530. The van der Waals surface area contributed by atoms with Crippen molar-refractivity contribution in [1.29, 1.82) is 0 Å². The molecule has 0 aliphatic carbocycles. The number of hydrogen-bond donors (Lipinski definition) is 0. The van der Waals surface area contributed by atoms with Crippen LogP contribution in [0.5, 0.6) is 11.5 Å². The lowest BCUT2D eigenvalue weighted by Gasteiger charge is -2.15. The van der Waals surface area contributed by atoms with Crippen LogP contribution < -0.4 is 14.4 Å². The zero-order valence-corrected chi connectivity index (χ0v) is 10.6. The molecule has 18 heavy (non-hydrogen) atoms. The summed E-state index contributed by atoms with van der Waals surface area (Å²) in [5.74, 6) is -0.128. The van der Waals surface area contributed by atoms with Gasteiger partial charge < -0.3 is 14.4 Å². The van der Waals surface area contributed by atoms with Gasteiger partial charge in [-0.1, -0.05) is 15.9 Å². The van der Waals surface area contributed by atoms with Gasteiger partial charge in [0.2, 0.25) is 5.91 Å². The van der Waals surface area contributed by atoms with E-state index in [2.05, 4.69) is 25.4 Å². The van der Waals surface area contributed by atoms with E-state index >= 15 is 0 Å². The lowest BCUT2D eigenvalue weighted by atomic mass is 10.2. The molecule has 0 saturated carbocycles. The number of nitrogens with zero attached hydrogens (tertiary/aromatic N) is 1. The largest absolute Gasteiger partial charge is 0.586 e. The molecule has 1 aromatic carbocycles. The zero-order valence-electron chi connectivity index (χ0n) is 9.03. The Morgan fingerprint density at radius 3 is 2.72 bits per heavy atom. The minimum absolute atomic E-state index is 0.0224. The van der Waals surface area contributed by atoms with Crippen LogP contribution in [0, 0.1) is 0 Å². The number of carbonyl (C=O) groups is 1. The first-order valence-corrected chi connectivity index (χ1v) is 6.20. The fraction of sp³-hybridized carbons (Fsp3) is 0.364. The number of halogens is 3. The average molecular weight is 320 g/mol. The molecule has 3 rings (SSSR count). The van der Waals surface area contributed by atoms with Gasteiger partial charge >= 0.3 is 6.29 Å². The summed E-state index contributed by atoms with van der Waals surface area (Å²) in [7, 11) is 0. The third-order valence-corrected chi connectivity index (χ3v) is 3.39. The van der Waals surface area contributed by atoms with Gasteiger partial charge in [-0.15, -0.1) is 8.78 Å². The molecule has 7 heteroatoms. The van der Waals surface area contributed by atoms with Crippen LogP contribution in [0.2, 0.25) is 0 Å². The highest BCUT2D eigenvalue weighted by Crippen LogP contribution is 2.43. The Balaban J connectivity index is 1.91. The van der Waals surface area contributed by atoms with Gasteiger partial charge in [-0.2, -0.15) is 0 Å². The quantitative estimate of drug-likeness (QED) is 0.747. The van der Waals surface area contributed by atoms with Crippen LogP contribution in [0.25, 0.3) is 0 Å². The summed E-state index contributed by atoms with van der Waals surface area (Å²) in [6.45, 7) is 0.509. The summed E-state index contributed by atoms with van der Waals surface area (Å²) < 4.78 is 34.3. The van der Waals surface area contributed by atoms with Crippen molar-refractivity contribution >= 4 is 27.5 Å². The molecule has 2 aliphatic heterocycles. The van der Waals surface area contributed by atoms with Gasteiger partial charge in [-0.3, -0.25) is 4.79 Å². The molecule has 1 unspecified atom stereocenters. The summed E-state index contributed by atoms with van der Waals surface area (Å²) >= 11 is 3.36. The van der Waals surface area contributed by atoms with E-state index in [0.717, 1.165) is 0 Å². The average Bonchev–Trinajstić information content (AvgIpc) is 2.74. The summed E-state index contributed by atoms with van der Waals surface area (Å²) in [4.78, 5) is 13.3. The molecule has 1 aromatic rings. The molecule has 1 fully saturated rings. The fourth-order valence-corrected chi connectivity index (χ4v) is 2.59. The van der Waals surface area contributed by atoms with Gasteiger partial charge in [0.1, 0.15) is 0 Å². The normalized spacial score (nSPS) is 24.7. The number of amides is 1. The predicted octanol–water partition coefficient (Wildman–Crippen LogP) is 2.51. The lowest BCUT2D eigenvalue weighted by molar-refractivity contribution is -0.286. The first-order chi connectivity index (χ1) is 8.44. The van der Waals surface area contributed by atoms with Gasteiger partial charge in [0.25, 0.3) is 0 Å². The van der Waals surface area contributed by atoms with E-state index < -0.39 is 6.29 Å². The van der Waals surface area contributed by atoms with Gasteiger partial charge in [0.05, 0.1) is 0 Å². The van der Waals surface area contributed by atoms with E-state index in [1.54, 1.807) is 6.07 Å². The first-order valence-electron chi connectivity index (χ1n) is 5.29. The molecule has 96 valence electrons. The van der Waals surface area contributed by atoms with Crippen LogP contribution in [0.1, 0.15) is 6.42 Å². The molecular weight excluding hydrogens is 312 g/mol. The van der Waals surface area contributed by atoms with Crippen LogP contribution in [0.15, 0.2) is 18.2 Å². The Morgan fingerprint density at radius 1 is 1.33 bits per heavy atom. The number of carbonyl (C=O) groups excluding carboxylic acids is 1. The lowest BCUT2D eigenvalue weighted by Crippen LogP contribution is -2.26. The SMILES string of the molecule is O=C1CC(Br)CN1c1ccc2c(c1)OC(F)(F)O2. The van der Waals surface area contributed by atoms with E-state index in [1.165, 1.54) is 17.0 Å². The van der Waals surface area contributed by atoms with E-state index in [1.807, 2.05) is 0 Å². The Kier molecular flexibility index (Phi) is 2.48. The van der Waals surface area contributed by atoms with Crippen molar-refractivity contribution in [3.8, 4) is 11.5 Å². The van der Waals surface area contributed by atoms with Gasteiger partial charge in [0.15, 0.2) is 11.5 Å². The molecular formula is C11H8BrF2NO3. The first kappa shape index (κ1) is 11.7. The Bertz CT molecular complexity index is 523. The summed E-state index contributed by atoms with van der Waals surface area (Å²) in [6, 6.07) is 4.33. The Morgan fingerprint density at radius 2 is 2.06 bits per heavy atom. The van der Waals surface area contributed by atoms with Crippen molar-refractivity contribution in [3.05, 3.63) is 18.2 Å². The van der Waals surface area contributed by atoms with Crippen molar-refractivity contribution in [2.45, 2.75) is 17.5 Å². The second-order valence-corrected chi connectivity index (χ2v) is 5.40. The number of benzene rings is 1. The number of hydrogen-bond acceptors (Lipinski definition) is 3. The van der Waals surface area contributed by atoms with Crippen LogP contribution in [-0.4, -0.2) is 23.6 Å². The Labute approximate surface area is 110 Å². The standard InChI is InChI=1S/C11H8BrF2NO3/c12-6-3-10(16)15(5-6)7-1-2-8-9(4-7)18-11(13,14)17-8/h1-2,4,6H,3,5H2. The Hall–Kier alpha value is -1.37. The van der Waals surface area contributed by atoms with Crippen molar-refractivity contribution in [2.75, 3.05) is 11.4 Å². The number of fused-ring (bicyclic) bond motifs is 1. The van der Waals surface area contributed by atoms with Crippen LogP contribution in [0.3, 0.4) is 0 Å². The topological polar surface area (TPSA) is 38.8 Å². The molecule has 0 bridgehead atoms. The molecule has 2 aliphatic rings. The number of ether oxygens (including phenoxy) is 2. The molecule has 2 heterocycles. The van der Waals surface area contributed by atoms with Crippen molar-refractivity contribution in [1.82, 2.24) is 0 Å². The van der Waals surface area contributed by atoms with E-state index in [9.17, 15) is 13.6 Å². The monoisotopic (exact) mass is 319 g/mol. The van der Waals surface area contributed by atoms with Crippen LogP contribution >= 0.6 is 15.9 Å². The molecule has 0 N–H and O–H groups in total. The maximum Gasteiger partial charge on any atom is 0.586 e. The molecule has 1 saturated heterocycles. The van der Waals surface area contributed by atoms with Gasteiger partial charge in [-0.25, -0.2) is 0 Å². The van der Waals surface area contributed by atoms with Crippen LogP contribution in [-0.2, 0) is 4.79 Å². The van der Waals surface area contributed by atoms with Crippen molar-refractivity contribution in [3.63, 3.8) is 0 Å². The maximum atomic E-state index is 12.9. The minimum atomic E-state index is -3.63. The second kappa shape index (κ2) is 3.81. The van der Waals surface area contributed by atoms with Gasteiger partial charge in [0, 0.05) is 29.5 Å². The van der Waals surface area contributed by atoms with E-state index in [0.29, 0.717) is 18.7 Å². The second-order valence-electron chi connectivity index (χ2n) is 4.10. The smallest absolute Gasteiger partial charge is 0.395 e. The number of rotatable bonds is 1. The predicted molar refractivity (Wildman–Crippen MR) is 62.3 cm³/mol. The van der Waals surface area contributed by atoms with E-state index in [4.69, 9.17) is 0 Å². The fourth-order valence-electron chi connectivity index (χ4n) is 2.02. The molecule has 0 aromatic heterocycles. The van der Waals surface area contributed by atoms with Crippen molar-refractivity contribution in [2.24, 2.45) is 0 Å². The molecule has 0 radical (unpaired) electrons. The molecule has 1 amide bonds. The number of alkyl halides is 3.